The second-order valence-electron chi connectivity index (χ2n) is 4.64. The van der Waals surface area contributed by atoms with Crippen molar-refractivity contribution in [2.75, 3.05) is 0 Å². The number of hydrogen-bond acceptors (Lipinski definition) is 2. The minimum Gasteiger partial charge on any atom is -0.350 e. The van der Waals surface area contributed by atoms with Crippen molar-refractivity contribution in [3.05, 3.63) is 34.9 Å². The smallest absolute Gasteiger partial charge is 0.240 e. The number of carbonyl (C=O) groups is 1. The van der Waals surface area contributed by atoms with E-state index in [1.165, 1.54) is 0 Å². The third-order valence-electron chi connectivity index (χ3n) is 3.35. The predicted molar refractivity (Wildman–Crippen MR) is 68.7 cm³/mol. The quantitative estimate of drug-likeness (QED) is 0.867. The highest BCUT2D eigenvalue weighted by Gasteiger charge is 2.36. The van der Waals surface area contributed by atoms with E-state index in [9.17, 15) is 4.79 Å². The van der Waals surface area contributed by atoms with Gasteiger partial charge in [0.05, 0.1) is 5.54 Å². The van der Waals surface area contributed by atoms with E-state index in [1.54, 1.807) is 0 Å². The molecule has 0 heterocycles. The standard InChI is InChI=1S/C13H17ClN2O/c14-11-6-2-1-5-10(11)9-16-12(17)13(15)7-3-4-8-13/h1-2,5-6H,3-4,7-9,15H2,(H,16,17). The van der Waals surface area contributed by atoms with Crippen LogP contribution in [0.5, 0.6) is 0 Å². The first-order valence-corrected chi connectivity index (χ1v) is 6.30. The SMILES string of the molecule is NC1(C(=O)NCc2ccccc2Cl)CCCC1. The van der Waals surface area contributed by atoms with Crippen LogP contribution < -0.4 is 11.1 Å². The van der Waals surface area contributed by atoms with Gasteiger partial charge in [-0.1, -0.05) is 42.6 Å². The zero-order chi connectivity index (χ0) is 12.3. The minimum atomic E-state index is -0.665. The number of carbonyl (C=O) groups excluding carboxylic acids is 1. The highest BCUT2D eigenvalue weighted by atomic mass is 35.5. The molecule has 1 aromatic rings. The van der Waals surface area contributed by atoms with Crippen LogP contribution in [-0.4, -0.2) is 11.4 Å². The molecule has 3 nitrogen and oxygen atoms in total. The monoisotopic (exact) mass is 252 g/mol. The van der Waals surface area contributed by atoms with Crippen molar-refractivity contribution >= 4 is 17.5 Å². The lowest BCUT2D eigenvalue weighted by molar-refractivity contribution is -0.126. The van der Waals surface area contributed by atoms with E-state index in [0.29, 0.717) is 11.6 Å². The van der Waals surface area contributed by atoms with Gasteiger partial charge in [0.25, 0.3) is 0 Å². The third-order valence-corrected chi connectivity index (χ3v) is 3.71. The summed E-state index contributed by atoms with van der Waals surface area (Å²) in [6.45, 7) is 0.442. The molecule has 0 radical (unpaired) electrons. The van der Waals surface area contributed by atoms with E-state index in [0.717, 1.165) is 31.2 Å². The van der Waals surface area contributed by atoms with E-state index < -0.39 is 5.54 Å². The summed E-state index contributed by atoms with van der Waals surface area (Å²) in [6.07, 6.45) is 3.63. The van der Waals surface area contributed by atoms with Gasteiger partial charge in [0.2, 0.25) is 5.91 Å². The molecule has 4 heteroatoms. The highest BCUT2D eigenvalue weighted by Crippen LogP contribution is 2.27. The first-order valence-electron chi connectivity index (χ1n) is 5.92. The summed E-state index contributed by atoms with van der Waals surface area (Å²) >= 11 is 6.02. The van der Waals surface area contributed by atoms with E-state index in [1.807, 2.05) is 24.3 Å². The van der Waals surface area contributed by atoms with Gasteiger partial charge in [-0.05, 0) is 24.5 Å². The van der Waals surface area contributed by atoms with Gasteiger partial charge in [-0.3, -0.25) is 4.79 Å². The van der Waals surface area contributed by atoms with Gasteiger partial charge in [-0.2, -0.15) is 0 Å². The van der Waals surface area contributed by atoms with Crippen molar-refractivity contribution in [2.45, 2.75) is 37.8 Å². The van der Waals surface area contributed by atoms with Crippen LogP contribution >= 0.6 is 11.6 Å². The van der Waals surface area contributed by atoms with Gasteiger partial charge in [-0.25, -0.2) is 0 Å². The molecular weight excluding hydrogens is 236 g/mol. The van der Waals surface area contributed by atoms with E-state index >= 15 is 0 Å². The second kappa shape index (κ2) is 5.07. The van der Waals surface area contributed by atoms with Crippen LogP contribution in [0.1, 0.15) is 31.2 Å². The maximum absolute atomic E-state index is 12.0. The molecule has 1 aromatic carbocycles. The Labute approximate surface area is 106 Å². The van der Waals surface area contributed by atoms with Crippen molar-refractivity contribution in [3.8, 4) is 0 Å². The Morgan fingerprint density at radius 1 is 1.35 bits per heavy atom. The Morgan fingerprint density at radius 3 is 2.65 bits per heavy atom. The fourth-order valence-corrected chi connectivity index (χ4v) is 2.43. The molecule has 1 aliphatic carbocycles. The van der Waals surface area contributed by atoms with Crippen LogP contribution in [0.4, 0.5) is 0 Å². The van der Waals surface area contributed by atoms with Crippen LogP contribution in [0.15, 0.2) is 24.3 Å². The van der Waals surface area contributed by atoms with E-state index in [2.05, 4.69) is 5.32 Å². The Kier molecular flexibility index (Phi) is 3.69. The Bertz CT molecular complexity index is 414. The predicted octanol–water partition coefficient (Wildman–Crippen LogP) is 2.23. The molecule has 0 saturated heterocycles. The zero-order valence-electron chi connectivity index (χ0n) is 9.71. The number of nitrogens with two attached hydrogens (primary N) is 1. The molecule has 0 aromatic heterocycles. The molecule has 1 saturated carbocycles. The molecule has 0 bridgehead atoms. The number of benzene rings is 1. The lowest BCUT2D eigenvalue weighted by Crippen LogP contribution is -2.51. The second-order valence-corrected chi connectivity index (χ2v) is 5.04. The van der Waals surface area contributed by atoms with E-state index in [-0.39, 0.29) is 5.91 Å². The Hall–Kier alpha value is -1.06. The number of nitrogens with one attached hydrogen (secondary N) is 1. The molecule has 17 heavy (non-hydrogen) atoms. The average molecular weight is 253 g/mol. The van der Waals surface area contributed by atoms with Crippen LogP contribution in [-0.2, 0) is 11.3 Å². The summed E-state index contributed by atoms with van der Waals surface area (Å²) < 4.78 is 0. The van der Waals surface area contributed by atoms with Crippen LogP contribution in [0.3, 0.4) is 0 Å². The summed E-state index contributed by atoms with van der Waals surface area (Å²) in [6, 6.07) is 7.49. The van der Waals surface area contributed by atoms with Gasteiger partial charge in [0.1, 0.15) is 0 Å². The summed E-state index contributed by atoms with van der Waals surface area (Å²) in [5.74, 6) is -0.0603. The van der Waals surface area contributed by atoms with Gasteiger partial charge in [0, 0.05) is 11.6 Å². The van der Waals surface area contributed by atoms with Crippen molar-refractivity contribution < 1.29 is 4.79 Å². The Balaban J connectivity index is 1.94. The van der Waals surface area contributed by atoms with Crippen LogP contribution in [0.2, 0.25) is 5.02 Å². The van der Waals surface area contributed by atoms with Crippen molar-refractivity contribution in [3.63, 3.8) is 0 Å². The first-order chi connectivity index (χ1) is 8.12. The third kappa shape index (κ3) is 2.79. The first kappa shape index (κ1) is 12.4. The molecule has 0 aliphatic heterocycles. The Morgan fingerprint density at radius 2 is 2.00 bits per heavy atom. The summed E-state index contributed by atoms with van der Waals surface area (Å²) in [5, 5.41) is 3.55. The van der Waals surface area contributed by atoms with Crippen molar-refractivity contribution in [1.82, 2.24) is 5.32 Å². The molecule has 3 N–H and O–H groups in total. The molecular formula is C13H17ClN2O. The number of halogens is 1. The fraction of sp³-hybridized carbons (Fsp3) is 0.462. The maximum atomic E-state index is 12.0. The number of hydrogen-bond donors (Lipinski definition) is 2. The summed E-state index contributed by atoms with van der Waals surface area (Å²) in [5.41, 5.74) is 6.31. The fourth-order valence-electron chi connectivity index (χ4n) is 2.23. The number of amides is 1. The molecule has 1 fully saturated rings. The average Bonchev–Trinajstić information content (AvgIpc) is 2.76. The minimum absolute atomic E-state index is 0.0603. The van der Waals surface area contributed by atoms with Crippen LogP contribution in [0.25, 0.3) is 0 Å². The highest BCUT2D eigenvalue weighted by molar-refractivity contribution is 6.31. The van der Waals surface area contributed by atoms with E-state index in [4.69, 9.17) is 17.3 Å². The topological polar surface area (TPSA) is 55.1 Å². The molecule has 1 aliphatic rings. The number of rotatable bonds is 3. The molecule has 1 amide bonds. The summed E-state index contributed by atoms with van der Waals surface area (Å²) in [7, 11) is 0. The molecule has 0 atom stereocenters. The summed E-state index contributed by atoms with van der Waals surface area (Å²) in [4.78, 5) is 12.0. The normalized spacial score (nSPS) is 18.0. The molecule has 2 rings (SSSR count). The van der Waals surface area contributed by atoms with Gasteiger partial charge in [0.15, 0.2) is 0 Å². The largest absolute Gasteiger partial charge is 0.350 e. The van der Waals surface area contributed by atoms with Gasteiger partial charge in [-0.15, -0.1) is 0 Å². The van der Waals surface area contributed by atoms with Gasteiger partial charge >= 0.3 is 0 Å². The lowest BCUT2D eigenvalue weighted by Gasteiger charge is -2.22. The van der Waals surface area contributed by atoms with Gasteiger partial charge < -0.3 is 11.1 Å². The van der Waals surface area contributed by atoms with Crippen molar-refractivity contribution in [1.29, 1.82) is 0 Å². The lowest BCUT2D eigenvalue weighted by atomic mass is 9.98. The van der Waals surface area contributed by atoms with Crippen LogP contribution in [0, 0.1) is 0 Å². The van der Waals surface area contributed by atoms with Crippen molar-refractivity contribution in [2.24, 2.45) is 5.73 Å². The maximum Gasteiger partial charge on any atom is 0.240 e. The molecule has 0 unspecified atom stereocenters. The zero-order valence-corrected chi connectivity index (χ0v) is 10.5. The molecule has 0 spiro atoms. The molecule has 92 valence electrons.